The van der Waals surface area contributed by atoms with E-state index in [-0.39, 0.29) is 0 Å². The molecule has 1 aliphatic heterocycles. The van der Waals surface area contributed by atoms with Crippen molar-refractivity contribution in [1.29, 1.82) is 0 Å². The molecule has 0 aromatic heterocycles. The maximum Gasteiger partial charge on any atom is 0.391 e. The molecule has 0 aromatic rings. The third kappa shape index (κ3) is 3.05. The van der Waals surface area contributed by atoms with Crippen molar-refractivity contribution in [2.45, 2.75) is 38.3 Å². The van der Waals surface area contributed by atoms with Crippen LogP contribution in [0.15, 0.2) is 0 Å². The standard InChI is InChI=1S/C11H17F3S/c12-11(13,14)10-3-1-8(2-4-10)5-9-6-15-7-9/h8-10H,1-7H2. The van der Waals surface area contributed by atoms with Gasteiger partial charge in [0.25, 0.3) is 0 Å². The summed E-state index contributed by atoms with van der Waals surface area (Å²) in [5.41, 5.74) is 0. The maximum absolute atomic E-state index is 12.4. The maximum atomic E-state index is 12.4. The molecule has 88 valence electrons. The number of halogens is 3. The summed E-state index contributed by atoms with van der Waals surface area (Å²) in [6.45, 7) is 0. The van der Waals surface area contributed by atoms with Crippen LogP contribution in [0.4, 0.5) is 13.2 Å². The third-order valence-electron chi connectivity index (χ3n) is 3.68. The minimum Gasteiger partial charge on any atom is -0.171 e. The summed E-state index contributed by atoms with van der Waals surface area (Å²) in [5.74, 6) is 2.85. The van der Waals surface area contributed by atoms with Gasteiger partial charge in [-0.3, -0.25) is 0 Å². The summed E-state index contributed by atoms with van der Waals surface area (Å²) >= 11 is 1.96. The van der Waals surface area contributed by atoms with E-state index in [0.717, 1.165) is 18.8 Å². The lowest BCUT2D eigenvalue weighted by Gasteiger charge is -2.34. The highest BCUT2D eigenvalue weighted by Gasteiger charge is 2.41. The molecule has 0 atom stereocenters. The second kappa shape index (κ2) is 4.56. The normalized spacial score (nSPS) is 33.8. The predicted molar refractivity (Wildman–Crippen MR) is 56.9 cm³/mol. The molecule has 0 N–H and O–H groups in total. The Morgan fingerprint density at radius 1 is 0.933 bits per heavy atom. The Bertz CT molecular complexity index is 202. The fourth-order valence-electron chi connectivity index (χ4n) is 2.62. The fourth-order valence-corrected chi connectivity index (χ4v) is 3.46. The first-order valence-electron chi connectivity index (χ1n) is 5.70. The van der Waals surface area contributed by atoms with E-state index in [0.29, 0.717) is 18.8 Å². The molecule has 1 heterocycles. The average molecular weight is 238 g/mol. The zero-order valence-electron chi connectivity index (χ0n) is 8.72. The molecule has 0 radical (unpaired) electrons. The van der Waals surface area contributed by atoms with E-state index in [1.54, 1.807) is 0 Å². The molecule has 2 fully saturated rings. The van der Waals surface area contributed by atoms with E-state index in [1.807, 2.05) is 11.8 Å². The van der Waals surface area contributed by atoms with Crippen LogP contribution in [0.2, 0.25) is 0 Å². The molecular formula is C11H17F3S. The third-order valence-corrected chi connectivity index (χ3v) is 5.10. The van der Waals surface area contributed by atoms with Crippen molar-refractivity contribution in [2.75, 3.05) is 11.5 Å². The molecule has 15 heavy (non-hydrogen) atoms. The van der Waals surface area contributed by atoms with Gasteiger partial charge in [-0.25, -0.2) is 0 Å². The van der Waals surface area contributed by atoms with E-state index in [1.165, 1.54) is 17.9 Å². The lowest BCUT2D eigenvalue weighted by molar-refractivity contribution is -0.184. The number of thioether (sulfide) groups is 1. The highest BCUT2D eigenvalue weighted by molar-refractivity contribution is 8.00. The van der Waals surface area contributed by atoms with Crippen molar-refractivity contribution < 1.29 is 13.2 Å². The first kappa shape index (κ1) is 11.6. The van der Waals surface area contributed by atoms with Crippen LogP contribution < -0.4 is 0 Å². The Labute approximate surface area is 93.0 Å². The lowest BCUT2D eigenvalue weighted by Crippen LogP contribution is -2.29. The summed E-state index contributed by atoms with van der Waals surface area (Å²) in [5, 5.41) is 0. The molecule has 1 saturated carbocycles. The largest absolute Gasteiger partial charge is 0.391 e. The van der Waals surface area contributed by atoms with Crippen molar-refractivity contribution >= 4 is 11.8 Å². The molecule has 0 amide bonds. The van der Waals surface area contributed by atoms with Gasteiger partial charge in [0, 0.05) is 0 Å². The van der Waals surface area contributed by atoms with Crippen molar-refractivity contribution in [2.24, 2.45) is 17.8 Å². The van der Waals surface area contributed by atoms with Crippen LogP contribution >= 0.6 is 11.8 Å². The van der Waals surface area contributed by atoms with E-state index in [2.05, 4.69) is 0 Å². The second-order valence-corrected chi connectivity index (χ2v) is 5.97. The van der Waals surface area contributed by atoms with Gasteiger partial charge >= 0.3 is 6.18 Å². The minimum absolute atomic E-state index is 0.369. The van der Waals surface area contributed by atoms with Gasteiger partial charge in [-0.05, 0) is 55.4 Å². The first-order chi connectivity index (χ1) is 7.05. The van der Waals surface area contributed by atoms with Gasteiger partial charge < -0.3 is 0 Å². The van der Waals surface area contributed by atoms with Crippen LogP contribution in [0.5, 0.6) is 0 Å². The van der Waals surface area contributed by atoms with E-state index in [9.17, 15) is 13.2 Å². The molecule has 2 aliphatic rings. The number of hydrogen-bond donors (Lipinski definition) is 0. The molecule has 0 spiro atoms. The summed E-state index contributed by atoms with van der Waals surface area (Å²) in [6.07, 6.45) is -0.437. The van der Waals surface area contributed by atoms with Gasteiger partial charge in [-0.2, -0.15) is 24.9 Å². The van der Waals surface area contributed by atoms with Crippen molar-refractivity contribution in [1.82, 2.24) is 0 Å². The highest BCUT2D eigenvalue weighted by atomic mass is 32.2. The molecule has 0 unspecified atom stereocenters. The number of hydrogen-bond acceptors (Lipinski definition) is 1. The van der Waals surface area contributed by atoms with Gasteiger partial charge in [-0.1, -0.05) is 0 Å². The highest BCUT2D eigenvalue weighted by Crippen LogP contribution is 2.42. The molecule has 1 saturated heterocycles. The monoisotopic (exact) mass is 238 g/mol. The first-order valence-corrected chi connectivity index (χ1v) is 6.85. The Hall–Kier alpha value is 0.140. The zero-order valence-corrected chi connectivity index (χ0v) is 9.54. The van der Waals surface area contributed by atoms with E-state index in [4.69, 9.17) is 0 Å². The Morgan fingerprint density at radius 2 is 1.53 bits per heavy atom. The summed E-state index contributed by atoms with van der Waals surface area (Å²) in [7, 11) is 0. The van der Waals surface area contributed by atoms with Crippen LogP contribution in [0.1, 0.15) is 32.1 Å². The SMILES string of the molecule is FC(F)(F)C1CCC(CC2CSC2)CC1. The summed E-state index contributed by atoms with van der Waals surface area (Å²) in [6, 6.07) is 0. The molecule has 0 aromatic carbocycles. The van der Waals surface area contributed by atoms with Gasteiger partial charge in [0.1, 0.15) is 0 Å². The van der Waals surface area contributed by atoms with Crippen LogP contribution in [0.3, 0.4) is 0 Å². The quantitative estimate of drug-likeness (QED) is 0.697. The summed E-state index contributed by atoms with van der Waals surface area (Å²) < 4.78 is 37.2. The van der Waals surface area contributed by atoms with Gasteiger partial charge in [0.15, 0.2) is 0 Å². The molecular weight excluding hydrogens is 221 g/mol. The van der Waals surface area contributed by atoms with Crippen molar-refractivity contribution in [3.8, 4) is 0 Å². The molecule has 0 nitrogen and oxygen atoms in total. The molecule has 2 rings (SSSR count). The lowest BCUT2D eigenvalue weighted by atomic mass is 9.78. The Kier molecular flexibility index (Phi) is 3.53. The van der Waals surface area contributed by atoms with Gasteiger partial charge in [0.2, 0.25) is 0 Å². The Balaban J connectivity index is 1.71. The fraction of sp³-hybridized carbons (Fsp3) is 1.00. The zero-order chi connectivity index (χ0) is 10.9. The Morgan fingerprint density at radius 3 is 1.93 bits per heavy atom. The van der Waals surface area contributed by atoms with Crippen LogP contribution in [0, 0.1) is 17.8 Å². The summed E-state index contributed by atoms with van der Waals surface area (Å²) in [4.78, 5) is 0. The predicted octanol–water partition coefficient (Wildman–Crippen LogP) is 4.11. The molecule has 4 heteroatoms. The number of alkyl halides is 3. The van der Waals surface area contributed by atoms with Crippen LogP contribution in [-0.4, -0.2) is 17.7 Å². The number of rotatable bonds is 2. The van der Waals surface area contributed by atoms with Crippen molar-refractivity contribution in [3.05, 3.63) is 0 Å². The smallest absolute Gasteiger partial charge is 0.171 e. The molecule has 0 bridgehead atoms. The van der Waals surface area contributed by atoms with Crippen LogP contribution in [0.25, 0.3) is 0 Å². The van der Waals surface area contributed by atoms with E-state index < -0.39 is 12.1 Å². The minimum atomic E-state index is -3.95. The topological polar surface area (TPSA) is 0 Å². The average Bonchev–Trinajstić information content (AvgIpc) is 2.11. The van der Waals surface area contributed by atoms with Crippen LogP contribution in [-0.2, 0) is 0 Å². The van der Waals surface area contributed by atoms with Gasteiger partial charge in [0.05, 0.1) is 5.92 Å². The van der Waals surface area contributed by atoms with Crippen molar-refractivity contribution in [3.63, 3.8) is 0 Å². The second-order valence-electron chi connectivity index (χ2n) is 4.90. The van der Waals surface area contributed by atoms with E-state index >= 15 is 0 Å². The van der Waals surface area contributed by atoms with Gasteiger partial charge in [-0.15, -0.1) is 0 Å². The molecule has 1 aliphatic carbocycles.